The van der Waals surface area contributed by atoms with E-state index in [1.807, 2.05) is 10.8 Å². The first-order chi connectivity index (χ1) is 6.57. The average Bonchev–Trinajstić information content (AvgIpc) is 2.63. The van der Waals surface area contributed by atoms with Crippen LogP contribution in [0, 0.1) is 0 Å². The summed E-state index contributed by atoms with van der Waals surface area (Å²) in [5, 5.41) is 8.82. The van der Waals surface area contributed by atoms with Crippen molar-refractivity contribution < 1.29 is 9.84 Å². The molecule has 0 aromatic carbocycles. The van der Waals surface area contributed by atoms with Gasteiger partial charge in [-0.2, -0.15) is 0 Å². The zero-order valence-corrected chi connectivity index (χ0v) is 9.03. The minimum absolute atomic E-state index is 0.000665. The molecule has 1 aromatic rings. The van der Waals surface area contributed by atoms with Gasteiger partial charge in [0.1, 0.15) is 0 Å². The van der Waals surface area contributed by atoms with Gasteiger partial charge < -0.3 is 14.4 Å². The largest absolute Gasteiger partial charge is 0.390 e. The standard InChI is InChI=1S/C10H18N2O2/c1-10(2,14-3)4-5-12-6-9(7-13)11-8-12/h6,8,13H,4-5,7H2,1-3H3. The lowest BCUT2D eigenvalue weighted by molar-refractivity contribution is 0.0120. The predicted octanol–water partition coefficient (Wildman–Crippen LogP) is 1.19. The maximum atomic E-state index is 8.82. The van der Waals surface area contributed by atoms with Crippen LogP contribution in [0.1, 0.15) is 26.0 Å². The van der Waals surface area contributed by atoms with Crippen molar-refractivity contribution in [3.05, 3.63) is 18.2 Å². The first-order valence-corrected chi connectivity index (χ1v) is 4.74. The molecule has 0 saturated carbocycles. The quantitative estimate of drug-likeness (QED) is 0.773. The monoisotopic (exact) mass is 198 g/mol. The highest BCUT2D eigenvalue weighted by Gasteiger charge is 2.15. The van der Waals surface area contributed by atoms with Crippen LogP contribution in [0.2, 0.25) is 0 Å². The van der Waals surface area contributed by atoms with Crippen LogP contribution in [-0.2, 0) is 17.9 Å². The van der Waals surface area contributed by atoms with Gasteiger partial charge in [-0.05, 0) is 20.3 Å². The van der Waals surface area contributed by atoms with E-state index in [4.69, 9.17) is 9.84 Å². The van der Waals surface area contributed by atoms with Crippen molar-refractivity contribution in [3.63, 3.8) is 0 Å². The number of imidazole rings is 1. The van der Waals surface area contributed by atoms with E-state index in [0.29, 0.717) is 5.69 Å². The van der Waals surface area contributed by atoms with Gasteiger partial charge in [-0.15, -0.1) is 0 Å². The normalized spacial score (nSPS) is 12.0. The van der Waals surface area contributed by atoms with Gasteiger partial charge in [-0.3, -0.25) is 0 Å². The maximum Gasteiger partial charge on any atom is 0.0950 e. The molecule has 80 valence electrons. The molecule has 14 heavy (non-hydrogen) atoms. The summed E-state index contributed by atoms with van der Waals surface area (Å²) in [6.07, 6.45) is 4.51. The number of ether oxygens (including phenoxy) is 1. The summed E-state index contributed by atoms with van der Waals surface area (Å²) in [5.41, 5.74) is 0.601. The Kier molecular flexibility index (Phi) is 3.66. The molecule has 0 spiro atoms. The van der Waals surface area contributed by atoms with E-state index in [1.54, 1.807) is 13.4 Å². The van der Waals surface area contributed by atoms with Gasteiger partial charge >= 0.3 is 0 Å². The van der Waals surface area contributed by atoms with Crippen molar-refractivity contribution in [2.45, 2.75) is 39.0 Å². The summed E-state index contributed by atoms with van der Waals surface area (Å²) in [6, 6.07) is 0. The van der Waals surface area contributed by atoms with Crippen molar-refractivity contribution in [1.82, 2.24) is 9.55 Å². The molecular formula is C10H18N2O2. The number of nitrogens with zero attached hydrogens (tertiary/aromatic N) is 2. The second kappa shape index (κ2) is 4.57. The third-order valence-electron chi connectivity index (χ3n) is 2.37. The molecule has 1 N–H and O–H groups in total. The lowest BCUT2D eigenvalue weighted by Gasteiger charge is -2.22. The number of hydrogen-bond donors (Lipinski definition) is 1. The van der Waals surface area contributed by atoms with Crippen LogP contribution in [0.5, 0.6) is 0 Å². The number of methoxy groups -OCH3 is 1. The zero-order valence-electron chi connectivity index (χ0n) is 9.03. The second-order valence-corrected chi connectivity index (χ2v) is 3.97. The molecule has 0 bridgehead atoms. The maximum absolute atomic E-state index is 8.82. The third kappa shape index (κ3) is 3.12. The Morgan fingerprint density at radius 3 is 2.79 bits per heavy atom. The van der Waals surface area contributed by atoms with E-state index in [2.05, 4.69) is 18.8 Å². The molecule has 1 aromatic heterocycles. The topological polar surface area (TPSA) is 47.3 Å². The lowest BCUT2D eigenvalue weighted by Crippen LogP contribution is -2.24. The van der Waals surface area contributed by atoms with Crippen LogP contribution < -0.4 is 0 Å². The fourth-order valence-electron chi connectivity index (χ4n) is 1.11. The number of hydrogen-bond acceptors (Lipinski definition) is 3. The highest BCUT2D eigenvalue weighted by molar-refractivity contribution is 4.94. The zero-order chi connectivity index (χ0) is 10.6. The Balaban J connectivity index is 2.45. The molecule has 0 atom stereocenters. The van der Waals surface area contributed by atoms with Gasteiger partial charge in [0, 0.05) is 19.9 Å². The van der Waals surface area contributed by atoms with Gasteiger partial charge in [-0.1, -0.05) is 0 Å². The molecule has 0 radical (unpaired) electrons. The number of aromatic nitrogens is 2. The van der Waals surface area contributed by atoms with Crippen LogP contribution in [-0.4, -0.2) is 27.4 Å². The molecule has 0 aliphatic heterocycles. The van der Waals surface area contributed by atoms with Crippen LogP contribution in [0.25, 0.3) is 0 Å². The Labute approximate surface area is 84.5 Å². The van der Waals surface area contributed by atoms with E-state index in [9.17, 15) is 0 Å². The van der Waals surface area contributed by atoms with E-state index in [-0.39, 0.29) is 12.2 Å². The van der Waals surface area contributed by atoms with Gasteiger partial charge in [0.15, 0.2) is 0 Å². The molecule has 1 rings (SSSR count). The van der Waals surface area contributed by atoms with Gasteiger partial charge in [0.2, 0.25) is 0 Å². The smallest absolute Gasteiger partial charge is 0.0950 e. The molecule has 0 amide bonds. The van der Waals surface area contributed by atoms with Gasteiger partial charge in [0.05, 0.1) is 24.2 Å². The molecule has 0 aliphatic carbocycles. The van der Waals surface area contributed by atoms with Crippen molar-refractivity contribution in [2.24, 2.45) is 0 Å². The first kappa shape index (κ1) is 11.2. The average molecular weight is 198 g/mol. The summed E-state index contributed by atoms with van der Waals surface area (Å²) >= 11 is 0. The molecular weight excluding hydrogens is 180 g/mol. The first-order valence-electron chi connectivity index (χ1n) is 4.74. The van der Waals surface area contributed by atoms with Crippen LogP contribution >= 0.6 is 0 Å². The second-order valence-electron chi connectivity index (χ2n) is 3.97. The van der Waals surface area contributed by atoms with Crippen LogP contribution in [0.15, 0.2) is 12.5 Å². The molecule has 0 saturated heterocycles. The summed E-state index contributed by atoms with van der Waals surface area (Å²) in [6.45, 7) is 4.96. The van der Waals surface area contributed by atoms with E-state index >= 15 is 0 Å². The molecule has 0 fully saturated rings. The molecule has 1 heterocycles. The van der Waals surface area contributed by atoms with E-state index < -0.39 is 0 Å². The summed E-state index contributed by atoms with van der Waals surface area (Å²) in [7, 11) is 1.72. The number of aliphatic hydroxyl groups excluding tert-OH is 1. The fourth-order valence-corrected chi connectivity index (χ4v) is 1.11. The number of aliphatic hydroxyl groups is 1. The summed E-state index contributed by atoms with van der Waals surface area (Å²) in [4.78, 5) is 4.03. The van der Waals surface area contributed by atoms with E-state index in [1.165, 1.54) is 0 Å². The highest BCUT2D eigenvalue weighted by Crippen LogP contribution is 2.14. The SMILES string of the molecule is COC(C)(C)CCn1cnc(CO)c1. The predicted molar refractivity (Wildman–Crippen MR) is 53.9 cm³/mol. The molecule has 4 heteroatoms. The van der Waals surface area contributed by atoms with Gasteiger partial charge in [0.25, 0.3) is 0 Å². The van der Waals surface area contributed by atoms with Crippen molar-refractivity contribution in [1.29, 1.82) is 0 Å². The highest BCUT2D eigenvalue weighted by atomic mass is 16.5. The number of aryl methyl sites for hydroxylation is 1. The minimum atomic E-state index is -0.107. The fraction of sp³-hybridized carbons (Fsp3) is 0.700. The Bertz CT molecular complexity index is 281. The van der Waals surface area contributed by atoms with Crippen molar-refractivity contribution in [3.8, 4) is 0 Å². The Morgan fingerprint density at radius 1 is 1.57 bits per heavy atom. The van der Waals surface area contributed by atoms with E-state index in [0.717, 1.165) is 13.0 Å². The molecule has 0 aliphatic rings. The molecule has 4 nitrogen and oxygen atoms in total. The summed E-state index contributed by atoms with van der Waals surface area (Å²) in [5.74, 6) is 0. The van der Waals surface area contributed by atoms with Crippen LogP contribution in [0.4, 0.5) is 0 Å². The summed E-state index contributed by atoms with van der Waals surface area (Å²) < 4.78 is 7.27. The third-order valence-corrected chi connectivity index (χ3v) is 2.37. The van der Waals surface area contributed by atoms with Crippen molar-refractivity contribution in [2.75, 3.05) is 7.11 Å². The number of rotatable bonds is 5. The van der Waals surface area contributed by atoms with Crippen molar-refractivity contribution >= 4 is 0 Å². The minimum Gasteiger partial charge on any atom is -0.390 e. The Hall–Kier alpha value is -0.870. The van der Waals surface area contributed by atoms with Gasteiger partial charge in [-0.25, -0.2) is 4.98 Å². The molecule has 0 unspecified atom stereocenters. The van der Waals surface area contributed by atoms with Crippen LogP contribution in [0.3, 0.4) is 0 Å². The Morgan fingerprint density at radius 2 is 2.29 bits per heavy atom. The lowest BCUT2D eigenvalue weighted by atomic mass is 10.1.